The molecule has 2 aliphatic heterocycles. The standard InChI is InChI=1S/C26H48N6O15/c27-6-12-17(37)19(39)15(30)25(44-12)46-21-9(29)5-10(16(36)22(21)47-26-20(40)18(38)13(7-33)45-26)32-23(41)11(34)3-4-31-14(35)2-1-8(28)24(42)43/h8-13,15-22,25-26,33-34,36-40H,1-7,27-30H2,(H,31,35)(H,32,41)(H,42,43)/t8-,9-,10+,11-,12+,13+,15+,16-,17?,18+,19+,20+,21+,22+,25+,26-/m0/s1. The van der Waals surface area contributed by atoms with E-state index in [1.807, 2.05) is 0 Å². The lowest BCUT2D eigenvalue weighted by atomic mass is 9.83. The summed E-state index contributed by atoms with van der Waals surface area (Å²) >= 11 is 0. The SMILES string of the molecule is NC[C@H]1O[C@H](O[C@H]2[C@H](O[C@@H]3O[C@H](CO)[C@@H](O)[C@H]3O)[C@@H](O)[C@H](NC(=O)[C@@H](O)CCNC(=O)CC[C@H](N)C(=O)O)C[C@@H]2N)[C@H](N)[C@@H](O)C1O. The van der Waals surface area contributed by atoms with E-state index in [2.05, 4.69) is 10.6 Å². The first-order chi connectivity index (χ1) is 22.1. The monoisotopic (exact) mass is 684 g/mol. The Balaban J connectivity index is 1.69. The van der Waals surface area contributed by atoms with E-state index in [9.17, 15) is 50.1 Å². The molecule has 2 heterocycles. The maximum atomic E-state index is 12.8. The fourth-order valence-corrected chi connectivity index (χ4v) is 5.53. The van der Waals surface area contributed by atoms with Crippen molar-refractivity contribution in [1.82, 2.24) is 10.6 Å². The van der Waals surface area contributed by atoms with Crippen molar-refractivity contribution in [3.63, 3.8) is 0 Å². The number of rotatable bonds is 15. The third kappa shape index (κ3) is 9.71. The van der Waals surface area contributed by atoms with Gasteiger partial charge in [0.2, 0.25) is 11.8 Å². The van der Waals surface area contributed by atoms with Gasteiger partial charge in [0.05, 0.1) is 18.7 Å². The van der Waals surface area contributed by atoms with Gasteiger partial charge in [0, 0.05) is 25.6 Å². The van der Waals surface area contributed by atoms with Crippen LogP contribution in [0.25, 0.3) is 0 Å². The molecule has 2 amide bonds. The molecule has 47 heavy (non-hydrogen) atoms. The van der Waals surface area contributed by atoms with E-state index in [1.165, 1.54) is 0 Å². The first-order valence-electron chi connectivity index (χ1n) is 15.2. The molecule has 3 fully saturated rings. The van der Waals surface area contributed by atoms with Crippen LogP contribution >= 0.6 is 0 Å². The van der Waals surface area contributed by atoms with E-state index >= 15 is 0 Å². The van der Waals surface area contributed by atoms with E-state index in [-0.39, 0.29) is 38.8 Å². The molecule has 0 aromatic rings. The Morgan fingerprint density at radius 2 is 1.49 bits per heavy atom. The topological polar surface area (TPSA) is 378 Å². The zero-order valence-corrected chi connectivity index (χ0v) is 25.4. The number of aliphatic hydroxyl groups is 7. The number of ether oxygens (including phenoxy) is 4. The van der Waals surface area contributed by atoms with E-state index in [0.29, 0.717) is 0 Å². The molecule has 3 rings (SSSR count). The fraction of sp³-hybridized carbons (Fsp3) is 0.885. The molecule has 3 aliphatic rings. The van der Waals surface area contributed by atoms with Crippen LogP contribution in [0.1, 0.15) is 25.7 Å². The zero-order valence-electron chi connectivity index (χ0n) is 25.4. The number of carboxylic acids is 1. The third-order valence-corrected chi connectivity index (χ3v) is 8.45. The summed E-state index contributed by atoms with van der Waals surface area (Å²) < 4.78 is 22.8. The Bertz CT molecular complexity index is 1050. The lowest BCUT2D eigenvalue weighted by molar-refractivity contribution is -0.307. The fourth-order valence-electron chi connectivity index (χ4n) is 5.53. The van der Waals surface area contributed by atoms with Crippen molar-refractivity contribution in [2.24, 2.45) is 22.9 Å². The highest BCUT2D eigenvalue weighted by Crippen LogP contribution is 2.32. The van der Waals surface area contributed by atoms with Gasteiger partial charge in [-0.1, -0.05) is 0 Å². The Hall–Kier alpha value is -2.19. The summed E-state index contributed by atoms with van der Waals surface area (Å²) in [6, 6.07) is -4.79. The number of carbonyl (C=O) groups is 3. The van der Waals surface area contributed by atoms with Crippen LogP contribution in [0, 0.1) is 0 Å². The molecular formula is C26H48N6O15. The molecule has 0 spiro atoms. The number of nitrogens with two attached hydrogens (primary N) is 4. The van der Waals surface area contributed by atoms with Crippen molar-refractivity contribution < 1.29 is 74.2 Å². The minimum Gasteiger partial charge on any atom is -0.480 e. The van der Waals surface area contributed by atoms with Gasteiger partial charge in [-0.25, -0.2) is 0 Å². The average Bonchev–Trinajstić information content (AvgIpc) is 3.31. The van der Waals surface area contributed by atoms with Crippen LogP contribution in [-0.2, 0) is 33.3 Å². The number of hydrogen-bond donors (Lipinski definition) is 14. The largest absolute Gasteiger partial charge is 0.480 e. The van der Waals surface area contributed by atoms with Crippen molar-refractivity contribution in [3.8, 4) is 0 Å². The number of amides is 2. The van der Waals surface area contributed by atoms with Crippen molar-refractivity contribution in [2.45, 2.75) is 123 Å². The van der Waals surface area contributed by atoms with E-state index in [4.69, 9.17) is 47.0 Å². The summed E-state index contributed by atoms with van der Waals surface area (Å²) in [6.07, 6.45) is -18.5. The number of carbonyl (C=O) groups excluding carboxylic acids is 2. The molecule has 21 heteroatoms. The number of nitrogens with one attached hydrogen (secondary N) is 2. The number of aliphatic hydroxyl groups excluding tert-OH is 7. The molecule has 0 aromatic heterocycles. The van der Waals surface area contributed by atoms with Gasteiger partial charge < -0.3 is 93.4 Å². The molecular weight excluding hydrogens is 636 g/mol. The minimum atomic E-state index is -1.69. The Morgan fingerprint density at radius 3 is 2.09 bits per heavy atom. The van der Waals surface area contributed by atoms with E-state index < -0.39 is 122 Å². The molecule has 1 unspecified atom stereocenters. The second-order valence-electron chi connectivity index (χ2n) is 11.9. The summed E-state index contributed by atoms with van der Waals surface area (Å²) in [7, 11) is 0. The maximum absolute atomic E-state index is 12.8. The summed E-state index contributed by atoms with van der Waals surface area (Å²) in [5.74, 6) is -2.75. The molecule has 18 N–H and O–H groups in total. The first kappa shape index (κ1) is 39.3. The molecule has 16 atom stereocenters. The molecule has 272 valence electrons. The van der Waals surface area contributed by atoms with Crippen LogP contribution in [0.15, 0.2) is 0 Å². The second kappa shape index (κ2) is 17.5. The second-order valence-corrected chi connectivity index (χ2v) is 11.9. The van der Waals surface area contributed by atoms with Gasteiger partial charge in [-0.2, -0.15) is 0 Å². The Labute approximate surface area is 269 Å². The summed E-state index contributed by atoms with van der Waals surface area (Å²) in [4.78, 5) is 35.5. The minimum absolute atomic E-state index is 0.116. The van der Waals surface area contributed by atoms with Crippen LogP contribution in [0.2, 0.25) is 0 Å². The van der Waals surface area contributed by atoms with Crippen LogP contribution in [0.4, 0.5) is 0 Å². The lowest BCUT2D eigenvalue weighted by Gasteiger charge is -2.48. The van der Waals surface area contributed by atoms with Gasteiger partial charge in [0.25, 0.3) is 0 Å². The highest BCUT2D eigenvalue weighted by Gasteiger charge is 2.53. The quantitative estimate of drug-likeness (QED) is 0.0761. The Morgan fingerprint density at radius 1 is 0.872 bits per heavy atom. The van der Waals surface area contributed by atoms with Crippen molar-refractivity contribution in [2.75, 3.05) is 19.7 Å². The predicted molar refractivity (Wildman–Crippen MR) is 154 cm³/mol. The molecule has 2 saturated heterocycles. The average molecular weight is 685 g/mol. The number of hydrogen-bond acceptors (Lipinski definition) is 18. The van der Waals surface area contributed by atoms with Crippen molar-refractivity contribution in [1.29, 1.82) is 0 Å². The van der Waals surface area contributed by atoms with Gasteiger partial charge in [0.15, 0.2) is 12.6 Å². The maximum Gasteiger partial charge on any atom is 0.320 e. The van der Waals surface area contributed by atoms with E-state index in [1.54, 1.807) is 0 Å². The van der Waals surface area contributed by atoms with Crippen molar-refractivity contribution in [3.05, 3.63) is 0 Å². The molecule has 0 bridgehead atoms. The molecule has 0 radical (unpaired) electrons. The smallest absolute Gasteiger partial charge is 0.320 e. The third-order valence-electron chi connectivity index (χ3n) is 8.45. The van der Waals surface area contributed by atoms with Gasteiger partial charge in [-0.05, 0) is 19.3 Å². The van der Waals surface area contributed by atoms with Crippen LogP contribution in [-0.4, -0.2) is 176 Å². The van der Waals surface area contributed by atoms with Crippen LogP contribution in [0.5, 0.6) is 0 Å². The molecule has 0 aromatic carbocycles. The highest BCUT2D eigenvalue weighted by molar-refractivity contribution is 5.81. The van der Waals surface area contributed by atoms with Crippen LogP contribution in [0.3, 0.4) is 0 Å². The van der Waals surface area contributed by atoms with Crippen molar-refractivity contribution >= 4 is 17.8 Å². The van der Waals surface area contributed by atoms with Crippen LogP contribution < -0.4 is 33.6 Å². The predicted octanol–water partition coefficient (Wildman–Crippen LogP) is -8.44. The normalized spacial score (nSPS) is 40.4. The van der Waals surface area contributed by atoms with Gasteiger partial charge >= 0.3 is 5.97 Å². The summed E-state index contributed by atoms with van der Waals surface area (Å²) in [6.45, 7) is -1.05. The van der Waals surface area contributed by atoms with Gasteiger partial charge in [0.1, 0.15) is 67.1 Å². The summed E-state index contributed by atoms with van der Waals surface area (Å²) in [5, 5.41) is 86.2. The molecule has 21 nitrogen and oxygen atoms in total. The summed E-state index contributed by atoms with van der Waals surface area (Å²) in [5.41, 5.74) is 23.4. The number of aliphatic carboxylic acids is 1. The molecule has 1 aliphatic carbocycles. The van der Waals surface area contributed by atoms with Gasteiger partial charge in [-0.15, -0.1) is 0 Å². The Kier molecular flexibility index (Phi) is 14.6. The highest BCUT2D eigenvalue weighted by atomic mass is 16.7. The first-order valence-corrected chi connectivity index (χ1v) is 15.2. The lowest BCUT2D eigenvalue weighted by Crippen LogP contribution is -2.69. The van der Waals surface area contributed by atoms with E-state index in [0.717, 1.165) is 0 Å². The number of carboxylic acid groups (broad SMARTS) is 1. The zero-order chi connectivity index (χ0) is 35.2. The molecule has 1 saturated carbocycles. The van der Waals surface area contributed by atoms with Gasteiger partial charge in [-0.3, -0.25) is 14.4 Å².